The second-order valence-electron chi connectivity index (χ2n) is 3.97. The van der Waals surface area contributed by atoms with Crippen molar-refractivity contribution in [1.82, 2.24) is 4.31 Å². The molecule has 0 aliphatic heterocycles. The average molecular weight is 223 g/mol. The monoisotopic (exact) mass is 223 g/mol. The Hall–Kier alpha value is -0.620. The summed E-state index contributed by atoms with van der Waals surface area (Å²) in [4.78, 5) is 10.8. The second-order valence-corrected chi connectivity index (χ2v) is 5.97. The number of ether oxygens (including phenoxy) is 1. The quantitative estimate of drug-likeness (QED) is 0.642. The molecular weight excluding hydrogens is 206 g/mol. The highest BCUT2D eigenvalue weighted by Gasteiger charge is 2.30. The van der Waals surface area contributed by atoms with Crippen LogP contribution < -0.4 is 0 Å². The number of hydrogen-bond donors (Lipinski definition) is 0. The number of nitrogens with zero attached hydrogens (tertiary/aromatic N) is 1. The van der Waals surface area contributed by atoms with Crippen LogP contribution in [0.3, 0.4) is 0 Å². The first-order valence-electron chi connectivity index (χ1n) is 4.15. The van der Waals surface area contributed by atoms with Crippen molar-refractivity contribution in [3.05, 3.63) is 0 Å². The van der Waals surface area contributed by atoms with Gasteiger partial charge in [-0.3, -0.25) is 4.79 Å². The molecule has 0 aliphatic carbocycles. The summed E-state index contributed by atoms with van der Waals surface area (Å²) in [6.45, 7) is 5.26. The van der Waals surface area contributed by atoms with Gasteiger partial charge in [0.25, 0.3) is 0 Å². The molecule has 0 heterocycles. The van der Waals surface area contributed by atoms with Crippen LogP contribution in [-0.2, 0) is 19.6 Å². The fraction of sp³-hybridized carbons (Fsp3) is 0.875. The summed E-state index contributed by atoms with van der Waals surface area (Å²) in [7, 11) is -0.966. The second kappa shape index (κ2) is 4.27. The normalized spacial score (nSPS) is 13.0. The third-order valence-electron chi connectivity index (χ3n) is 1.89. The Morgan fingerprint density at radius 1 is 1.36 bits per heavy atom. The lowest BCUT2D eigenvalue weighted by molar-refractivity contribution is -0.137. The molecule has 6 heteroatoms. The summed E-state index contributed by atoms with van der Waals surface area (Å²) in [5, 5.41) is 0. The highest BCUT2D eigenvalue weighted by Crippen LogP contribution is 2.15. The third kappa shape index (κ3) is 3.63. The third-order valence-corrected chi connectivity index (χ3v) is 3.87. The Kier molecular flexibility index (Phi) is 4.08. The van der Waals surface area contributed by atoms with Gasteiger partial charge in [-0.1, -0.05) is 0 Å². The zero-order valence-corrected chi connectivity index (χ0v) is 10.0. The SMILES string of the molecule is COC(=O)CS(=O)(=O)N(C)C(C)(C)C. The van der Waals surface area contributed by atoms with Crippen molar-refractivity contribution in [1.29, 1.82) is 0 Å². The maximum Gasteiger partial charge on any atom is 0.322 e. The van der Waals surface area contributed by atoms with E-state index in [9.17, 15) is 13.2 Å². The standard InChI is InChI=1S/C8H17NO4S/c1-8(2,3)9(4)14(11,12)6-7(10)13-5/h6H2,1-5H3. The molecule has 0 rings (SSSR count). The summed E-state index contributed by atoms with van der Waals surface area (Å²) >= 11 is 0. The Balaban J connectivity index is 4.73. The van der Waals surface area contributed by atoms with Crippen LogP contribution in [0.2, 0.25) is 0 Å². The molecule has 0 aliphatic rings. The van der Waals surface area contributed by atoms with E-state index in [1.807, 2.05) is 0 Å². The first-order chi connectivity index (χ1) is 6.11. The lowest BCUT2D eigenvalue weighted by Crippen LogP contribution is -2.44. The molecular formula is C8H17NO4S. The Morgan fingerprint density at radius 3 is 2.07 bits per heavy atom. The van der Waals surface area contributed by atoms with Crippen LogP contribution in [0.4, 0.5) is 0 Å². The lowest BCUT2D eigenvalue weighted by Gasteiger charge is -2.30. The summed E-state index contributed by atoms with van der Waals surface area (Å²) < 4.78 is 28.6. The number of rotatable bonds is 3. The van der Waals surface area contributed by atoms with Gasteiger partial charge in [-0.25, -0.2) is 8.42 Å². The van der Waals surface area contributed by atoms with Crippen LogP contribution in [0.1, 0.15) is 20.8 Å². The minimum Gasteiger partial charge on any atom is -0.468 e. The molecule has 0 atom stereocenters. The van der Waals surface area contributed by atoms with Gasteiger partial charge >= 0.3 is 5.97 Å². The average Bonchev–Trinajstić information content (AvgIpc) is 2.00. The number of sulfonamides is 1. The molecule has 0 aromatic rings. The van der Waals surface area contributed by atoms with Gasteiger partial charge in [0.15, 0.2) is 5.75 Å². The Bertz CT molecular complexity index is 302. The minimum atomic E-state index is -3.57. The van der Waals surface area contributed by atoms with E-state index >= 15 is 0 Å². The minimum absolute atomic E-state index is 0.535. The van der Waals surface area contributed by atoms with Crippen LogP contribution in [0.25, 0.3) is 0 Å². The molecule has 0 saturated heterocycles. The van der Waals surface area contributed by atoms with Crippen molar-refractivity contribution in [2.45, 2.75) is 26.3 Å². The van der Waals surface area contributed by atoms with Crippen molar-refractivity contribution in [3.63, 3.8) is 0 Å². The molecule has 0 aromatic heterocycles. The van der Waals surface area contributed by atoms with E-state index in [1.165, 1.54) is 7.05 Å². The van der Waals surface area contributed by atoms with Gasteiger partial charge in [-0.15, -0.1) is 0 Å². The molecule has 0 N–H and O–H groups in total. The number of hydrogen-bond acceptors (Lipinski definition) is 4. The fourth-order valence-electron chi connectivity index (χ4n) is 0.722. The highest BCUT2D eigenvalue weighted by atomic mass is 32.2. The summed E-state index contributed by atoms with van der Waals surface area (Å²) in [6, 6.07) is 0. The molecule has 0 saturated carbocycles. The Morgan fingerprint density at radius 2 is 1.79 bits per heavy atom. The molecule has 0 radical (unpaired) electrons. The zero-order valence-electron chi connectivity index (χ0n) is 9.20. The van der Waals surface area contributed by atoms with E-state index in [0.29, 0.717) is 0 Å². The van der Waals surface area contributed by atoms with Crippen LogP contribution in [0.5, 0.6) is 0 Å². The van der Waals surface area contributed by atoms with Gasteiger partial charge in [0.2, 0.25) is 10.0 Å². The predicted molar refractivity (Wildman–Crippen MR) is 53.3 cm³/mol. The van der Waals surface area contributed by atoms with Crippen LogP contribution in [-0.4, -0.2) is 44.1 Å². The smallest absolute Gasteiger partial charge is 0.322 e. The van der Waals surface area contributed by atoms with Gasteiger partial charge in [0.1, 0.15) is 0 Å². The molecule has 0 amide bonds. The molecule has 0 spiro atoms. The van der Waals surface area contributed by atoms with Gasteiger partial charge < -0.3 is 4.74 Å². The first kappa shape index (κ1) is 13.4. The van der Waals surface area contributed by atoms with Crippen LogP contribution in [0, 0.1) is 0 Å². The fourth-order valence-corrected chi connectivity index (χ4v) is 2.17. The molecule has 0 unspecified atom stereocenters. The molecule has 84 valence electrons. The first-order valence-corrected chi connectivity index (χ1v) is 5.75. The van der Waals surface area contributed by atoms with E-state index in [0.717, 1.165) is 11.4 Å². The van der Waals surface area contributed by atoms with Crippen LogP contribution in [0.15, 0.2) is 0 Å². The summed E-state index contributed by atoms with van der Waals surface area (Å²) in [6.07, 6.45) is 0. The van der Waals surface area contributed by atoms with Crippen molar-refractivity contribution in [2.75, 3.05) is 19.9 Å². The van der Waals surface area contributed by atoms with E-state index in [-0.39, 0.29) is 0 Å². The van der Waals surface area contributed by atoms with Crippen molar-refractivity contribution < 1.29 is 17.9 Å². The van der Waals surface area contributed by atoms with E-state index < -0.39 is 27.3 Å². The van der Waals surface area contributed by atoms with E-state index in [1.54, 1.807) is 20.8 Å². The molecule has 14 heavy (non-hydrogen) atoms. The summed E-state index contributed by atoms with van der Waals surface area (Å²) in [5.74, 6) is -1.36. The van der Waals surface area contributed by atoms with Crippen LogP contribution >= 0.6 is 0 Å². The van der Waals surface area contributed by atoms with Crippen molar-refractivity contribution >= 4 is 16.0 Å². The van der Waals surface area contributed by atoms with Crippen molar-refractivity contribution in [2.24, 2.45) is 0 Å². The summed E-state index contributed by atoms with van der Waals surface area (Å²) in [5.41, 5.74) is -0.535. The topological polar surface area (TPSA) is 63.7 Å². The van der Waals surface area contributed by atoms with Gasteiger partial charge in [0, 0.05) is 12.6 Å². The number of methoxy groups -OCH3 is 1. The van der Waals surface area contributed by atoms with Gasteiger partial charge in [-0.05, 0) is 20.8 Å². The number of carbonyl (C=O) groups is 1. The largest absolute Gasteiger partial charge is 0.468 e. The highest BCUT2D eigenvalue weighted by molar-refractivity contribution is 7.89. The van der Waals surface area contributed by atoms with Crippen molar-refractivity contribution in [3.8, 4) is 0 Å². The maximum atomic E-state index is 11.6. The van der Waals surface area contributed by atoms with E-state index in [4.69, 9.17) is 0 Å². The van der Waals surface area contributed by atoms with E-state index in [2.05, 4.69) is 4.74 Å². The van der Waals surface area contributed by atoms with Gasteiger partial charge in [0.05, 0.1) is 7.11 Å². The number of carbonyl (C=O) groups excluding carboxylic acids is 1. The Labute approximate surface area is 85.1 Å². The number of esters is 1. The maximum absolute atomic E-state index is 11.6. The molecule has 0 aromatic carbocycles. The zero-order chi connectivity index (χ0) is 11.6. The lowest BCUT2D eigenvalue weighted by atomic mass is 10.1. The van der Waals surface area contributed by atoms with Gasteiger partial charge in [-0.2, -0.15) is 4.31 Å². The molecule has 0 fully saturated rings. The molecule has 0 bridgehead atoms. The molecule has 5 nitrogen and oxygen atoms in total. The predicted octanol–water partition coefficient (Wildman–Crippen LogP) is 0.220.